The quantitative estimate of drug-likeness (QED) is 0.874. The van der Waals surface area contributed by atoms with Crippen LogP contribution in [0.3, 0.4) is 0 Å². The fourth-order valence-electron chi connectivity index (χ4n) is 3.47. The van der Waals surface area contributed by atoms with Crippen molar-refractivity contribution < 1.29 is 22.7 Å². The number of aromatic carboxylic acids is 1. The summed E-state index contributed by atoms with van der Waals surface area (Å²) in [5, 5.41) is 8.93. The molecule has 1 N–H and O–H groups in total. The second-order valence-corrected chi connectivity index (χ2v) is 8.15. The number of sulfonamides is 1. The van der Waals surface area contributed by atoms with E-state index in [1.54, 1.807) is 0 Å². The lowest BCUT2D eigenvalue weighted by molar-refractivity contribution is 0.0661. The van der Waals surface area contributed by atoms with E-state index in [0.717, 1.165) is 38.2 Å². The molecule has 1 saturated heterocycles. The van der Waals surface area contributed by atoms with Gasteiger partial charge in [-0.15, -0.1) is 0 Å². The summed E-state index contributed by atoms with van der Waals surface area (Å²) in [6, 6.07) is 1.12. The first-order valence-corrected chi connectivity index (χ1v) is 9.19. The molecule has 2 fully saturated rings. The molecule has 1 aliphatic carbocycles. The molecule has 2 atom stereocenters. The van der Waals surface area contributed by atoms with E-state index in [0.29, 0.717) is 12.5 Å². The number of halogens is 1. The molecule has 1 saturated carbocycles. The highest BCUT2D eigenvalue weighted by Crippen LogP contribution is 2.40. The number of carbonyl (C=O) groups is 1. The molecule has 0 radical (unpaired) electrons. The average Bonchev–Trinajstić information content (AvgIpc) is 3.04. The second-order valence-electron chi connectivity index (χ2n) is 5.57. The van der Waals surface area contributed by atoms with Gasteiger partial charge >= 0.3 is 5.97 Å². The Morgan fingerprint density at radius 3 is 2.71 bits per heavy atom. The van der Waals surface area contributed by atoms with Gasteiger partial charge in [-0.05, 0) is 47.5 Å². The van der Waals surface area contributed by atoms with Crippen LogP contribution in [0, 0.1) is 5.92 Å². The second kappa shape index (κ2) is 5.40. The van der Waals surface area contributed by atoms with Gasteiger partial charge in [-0.1, -0.05) is 6.42 Å². The average molecular weight is 378 g/mol. The van der Waals surface area contributed by atoms with Gasteiger partial charge in [0, 0.05) is 18.7 Å². The summed E-state index contributed by atoms with van der Waals surface area (Å²) in [5.41, 5.74) is 0. The van der Waals surface area contributed by atoms with Gasteiger partial charge in [0.1, 0.15) is 4.90 Å². The maximum absolute atomic E-state index is 12.8. The first kappa shape index (κ1) is 15.1. The monoisotopic (exact) mass is 377 g/mol. The molecule has 116 valence electrons. The number of carboxylic acid groups (broad SMARTS) is 1. The molecule has 0 aromatic carbocycles. The fourth-order valence-corrected chi connectivity index (χ4v) is 6.13. The molecule has 1 aromatic heterocycles. The van der Waals surface area contributed by atoms with Crippen LogP contribution in [-0.2, 0) is 10.0 Å². The summed E-state index contributed by atoms with van der Waals surface area (Å²) >= 11 is 3.02. The Kier molecular flexibility index (Phi) is 3.87. The number of piperidine rings is 1. The summed E-state index contributed by atoms with van der Waals surface area (Å²) in [5.74, 6) is -1.23. The van der Waals surface area contributed by atoms with E-state index < -0.39 is 16.0 Å². The minimum atomic E-state index is -3.73. The summed E-state index contributed by atoms with van der Waals surface area (Å²) in [6.07, 6.45) is 4.92. The topological polar surface area (TPSA) is 87.8 Å². The van der Waals surface area contributed by atoms with Crippen molar-refractivity contribution in [2.24, 2.45) is 5.92 Å². The molecule has 21 heavy (non-hydrogen) atoms. The number of hydrogen-bond donors (Lipinski definition) is 1. The summed E-state index contributed by atoms with van der Waals surface area (Å²) < 4.78 is 32.1. The van der Waals surface area contributed by atoms with Gasteiger partial charge in [0.25, 0.3) is 0 Å². The van der Waals surface area contributed by atoms with E-state index >= 15 is 0 Å². The van der Waals surface area contributed by atoms with Crippen LogP contribution in [0.25, 0.3) is 0 Å². The van der Waals surface area contributed by atoms with Gasteiger partial charge in [0.05, 0.1) is 0 Å². The van der Waals surface area contributed by atoms with Gasteiger partial charge in [-0.3, -0.25) is 0 Å². The molecular formula is C13H16BrNO5S. The smallest absolute Gasteiger partial charge is 0.371 e. The van der Waals surface area contributed by atoms with Crippen LogP contribution < -0.4 is 0 Å². The normalized spacial score (nSPS) is 26.7. The van der Waals surface area contributed by atoms with E-state index in [9.17, 15) is 13.2 Å². The van der Waals surface area contributed by atoms with Crippen molar-refractivity contribution in [2.45, 2.75) is 43.0 Å². The van der Waals surface area contributed by atoms with Crippen molar-refractivity contribution in [1.82, 2.24) is 4.31 Å². The molecule has 1 aliphatic heterocycles. The largest absolute Gasteiger partial charge is 0.475 e. The van der Waals surface area contributed by atoms with Gasteiger partial charge in [-0.2, -0.15) is 4.31 Å². The predicted octanol–water partition coefficient (Wildman–Crippen LogP) is 2.69. The molecule has 1 aromatic rings. The fraction of sp³-hybridized carbons (Fsp3) is 0.615. The minimum Gasteiger partial charge on any atom is -0.475 e. The Labute approximate surface area is 131 Å². The summed E-state index contributed by atoms with van der Waals surface area (Å²) in [6.45, 7) is 0.490. The molecule has 6 nitrogen and oxygen atoms in total. The summed E-state index contributed by atoms with van der Waals surface area (Å²) in [4.78, 5) is 10.8. The van der Waals surface area contributed by atoms with Crippen LogP contribution in [0.2, 0.25) is 0 Å². The zero-order chi connectivity index (χ0) is 15.2. The van der Waals surface area contributed by atoms with Crippen LogP contribution in [0.4, 0.5) is 0 Å². The van der Waals surface area contributed by atoms with Crippen LogP contribution in [0.1, 0.15) is 42.7 Å². The summed E-state index contributed by atoms with van der Waals surface area (Å²) in [7, 11) is -3.73. The van der Waals surface area contributed by atoms with Crippen LogP contribution in [0.15, 0.2) is 20.0 Å². The molecule has 2 heterocycles. The Balaban J connectivity index is 1.98. The number of carboxylic acids is 1. The zero-order valence-electron chi connectivity index (χ0n) is 11.3. The molecule has 0 unspecified atom stereocenters. The Morgan fingerprint density at radius 1 is 1.33 bits per heavy atom. The van der Waals surface area contributed by atoms with E-state index in [2.05, 4.69) is 15.9 Å². The van der Waals surface area contributed by atoms with Gasteiger partial charge in [0.15, 0.2) is 4.67 Å². The number of fused-ring (bicyclic) bond motifs is 1. The van der Waals surface area contributed by atoms with Gasteiger partial charge in [0.2, 0.25) is 15.8 Å². The lowest BCUT2D eigenvalue weighted by atomic mass is 9.94. The number of rotatable bonds is 3. The van der Waals surface area contributed by atoms with E-state index in [4.69, 9.17) is 9.52 Å². The lowest BCUT2D eigenvalue weighted by Crippen LogP contribution is -2.46. The maximum atomic E-state index is 12.8. The van der Waals surface area contributed by atoms with Crippen molar-refractivity contribution in [2.75, 3.05) is 6.54 Å². The maximum Gasteiger partial charge on any atom is 0.371 e. The zero-order valence-corrected chi connectivity index (χ0v) is 13.7. The Morgan fingerprint density at radius 2 is 2.05 bits per heavy atom. The molecule has 3 rings (SSSR count). The van der Waals surface area contributed by atoms with E-state index in [1.165, 1.54) is 4.31 Å². The van der Waals surface area contributed by atoms with Crippen molar-refractivity contribution in [1.29, 1.82) is 0 Å². The standard InChI is InChI=1S/C13H16BrNO5S/c14-12-11(7-10(20-12)13(16)17)21(18,19)15-6-2-4-8-3-1-5-9(8)15/h7-9H,1-6H2,(H,16,17)/t8-,9-/m0/s1. The number of hydrogen-bond acceptors (Lipinski definition) is 4. The molecule has 8 heteroatoms. The first-order valence-electron chi connectivity index (χ1n) is 6.95. The van der Waals surface area contributed by atoms with Gasteiger partial charge < -0.3 is 9.52 Å². The van der Waals surface area contributed by atoms with Gasteiger partial charge in [-0.25, -0.2) is 13.2 Å². The molecule has 0 spiro atoms. The third-order valence-corrected chi connectivity index (χ3v) is 7.18. The lowest BCUT2D eigenvalue weighted by Gasteiger charge is -2.36. The third-order valence-electron chi connectivity index (χ3n) is 4.40. The minimum absolute atomic E-state index is 0.0406. The van der Waals surface area contributed by atoms with Crippen LogP contribution in [-0.4, -0.2) is 36.4 Å². The highest BCUT2D eigenvalue weighted by atomic mass is 79.9. The van der Waals surface area contributed by atoms with Crippen molar-refractivity contribution in [3.8, 4) is 0 Å². The van der Waals surface area contributed by atoms with Crippen LogP contribution in [0.5, 0.6) is 0 Å². The SMILES string of the molecule is O=C(O)c1cc(S(=O)(=O)N2CCC[C@@H]3CCC[C@@H]32)c(Br)o1. The Hall–Kier alpha value is -0.860. The van der Waals surface area contributed by atoms with Crippen molar-refractivity contribution >= 4 is 31.9 Å². The molecule has 0 amide bonds. The molecule has 2 aliphatic rings. The highest BCUT2D eigenvalue weighted by molar-refractivity contribution is 9.10. The first-order chi connectivity index (χ1) is 9.91. The third kappa shape index (κ3) is 2.53. The van der Waals surface area contributed by atoms with Crippen molar-refractivity contribution in [3.63, 3.8) is 0 Å². The molecular weight excluding hydrogens is 362 g/mol. The van der Waals surface area contributed by atoms with Crippen molar-refractivity contribution in [3.05, 3.63) is 16.5 Å². The van der Waals surface area contributed by atoms with E-state index in [1.807, 2.05) is 0 Å². The van der Waals surface area contributed by atoms with Crippen LogP contribution >= 0.6 is 15.9 Å². The molecule has 0 bridgehead atoms. The number of nitrogens with zero attached hydrogens (tertiary/aromatic N) is 1. The Bertz CT molecular complexity index is 668. The predicted molar refractivity (Wildman–Crippen MR) is 77.6 cm³/mol. The van der Waals surface area contributed by atoms with E-state index in [-0.39, 0.29) is 21.4 Å². The highest BCUT2D eigenvalue weighted by Gasteiger charge is 2.42. The number of furan rings is 1.